The molecule has 2 aromatic rings. The van der Waals surface area contributed by atoms with Crippen molar-refractivity contribution in [3.05, 3.63) is 51.9 Å². The lowest BCUT2D eigenvalue weighted by Crippen LogP contribution is -2.09. The Kier molecular flexibility index (Phi) is 4.53. The van der Waals surface area contributed by atoms with Gasteiger partial charge < -0.3 is 5.32 Å². The van der Waals surface area contributed by atoms with Gasteiger partial charge in [-0.3, -0.25) is 0 Å². The quantitative estimate of drug-likeness (QED) is 0.854. The van der Waals surface area contributed by atoms with Crippen LogP contribution in [0.3, 0.4) is 0 Å². The van der Waals surface area contributed by atoms with Crippen LogP contribution in [0.5, 0.6) is 0 Å². The lowest BCUT2D eigenvalue weighted by molar-refractivity contribution is 0.853. The summed E-state index contributed by atoms with van der Waals surface area (Å²) in [5.41, 5.74) is 2.52. The number of nitrogens with one attached hydrogen (secondary N) is 1. The molecule has 0 amide bonds. The van der Waals surface area contributed by atoms with Crippen molar-refractivity contribution in [1.29, 1.82) is 0 Å². The largest absolute Gasteiger partial charge is 0.363 e. The molecule has 3 nitrogen and oxygen atoms in total. The van der Waals surface area contributed by atoms with Crippen molar-refractivity contribution in [2.24, 2.45) is 0 Å². The predicted octanol–water partition coefficient (Wildman–Crippen LogP) is 4.28. The molecule has 0 saturated heterocycles. The van der Waals surface area contributed by atoms with Gasteiger partial charge >= 0.3 is 0 Å². The summed E-state index contributed by atoms with van der Waals surface area (Å²) in [6, 6.07) is 10.7. The van der Waals surface area contributed by atoms with Gasteiger partial charge in [0.15, 0.2) is 0 Å². The molecule has 2 rings (SSSR count). The van der Waals surface area contributed by atoms with E-state index in [1.165, 1.54) is 11.1 Å². The molecule has 0 radical (unpaired) electrons. The Bertz CT molecular complexity index is 552. The van der Waals surface area contributed by atoms with E-state index < -0.39 is 0 Å². The van der Waals surface area contributed by atoms with Crippen LogP contribution in [0.2, 0.25) is 0 Å². The van der Waals surface area contributed by atoms with Crippen LogP contribution in [-0.4, -0.2) is 9.97 Å². The molecule has 19 heavy (non-hydrogen) atoms. The Hall–Kier alpha value is -1.42. The molecule has 0 saturated carbocycles. The third-order valence-corrected chi connectivity index (χ3v) is 3.41. The topological polar surface area (TPSA) is 37.8 Å². The molecule has 1 atom stereocenters. The zero-order valence-corrected chi connectivity index (χ0v) is 13.0. The maximum Gasteiger partial charge on any atom is 0.131 e. The first-order chi connectivity index (χ1) is 9.08. The monoisotopic (exact) mass is 319 g/mol. The molecule has 100 valence electrons. The fourth-order valence-corrected chi connectivity index (χ4v) is 2.28. The third kappa shape index (κ3) is 3.77. The van der Waals surface area contributed by atoms with Crippen molar-refractivity contribution in [2.45, 2.75) is 33.2 Å². The zero-order valence-electron chi connectivity index (χ0n) is 11.4. The molecule has 0 fully saturated rings. The van der Waals surface area contributed by atoms with Crippen LogP contribution in [0.15, 0.2) is 34.9 Å². The summed E-state index contributed by atoms with van der Waals surface area (Å²) in [5, 5.41) is 3.41. The molecular weight excluding hydrogens is 302 g/mol. The van der Waals surface area contributed by atoms with Gasteiger partial charge in [0, 0.05) is 18.5 Å². The van der Waals surface area contributed by atoms with E-state index in [1.54, 1.807) is 0 Å². The minimum Gasteiger partial charge on any atom is -0.363 e. The van der Waals surface area contributed by atoms with Crippen molar-refractivity contribution in [3.8, 4) is 0 Å². The third-order valence-electron chi connectivity index (χ3n) is 3.00. The molecule has 1 unspecified atom stereocenters. The minimum atomic E-state index is 0.215. The van der Waals surface area contributed by atoms with Gasteiger partial charge in [-0.2, -0.15) is 0 Å². The Morgan fingerprint density at radius 3 is 2.53 bits per heavy atom. The molecule has 1 aromatic carbocycles. The molecule has 1 heterocycles. The van der Waals surface area contributed by atoms with Crippen molar-refractivity contribution >= 4 is 21.7 Å². The van der Waals surface area contributed by atoms with Crippen molar-refractivity contribution in [2.75, 3.05) is 5.32 Å². The second-order valence-electron chi connectivity index (χ2n) is 4.62. The maximum atomic E-state index is 4.48. The van der Waals surface area contributed by atoms with Gasteiger partial charge in [-0.25, -0.2) is 9.97 Å². The number of aromatic nitrogens is 2. The van der Waals surface area contributed by atoms with Gasteiger partial charge in [0.25, 0.3) is 0 Å². The lowest BCUT2D eigenvalue weighted by atomic mass is 10.1. The summed E-state index contributed by atoms with van der Waals surface area (Å²) < 4.78 is 0.818. The Morgan fingerprint density at radius 2 is 1.89 bits per heavy atom. The van der Waals surface area contributed by atoms with E-state index in [1.807, 2.05) is 6.07 Å². The standard InChI is InChI=1S/C15H18BrN3/c1-4-14-18-13(16)9-15(19-14)17-11(3)12-7-5-10(2)6-8-12/h5-9,11H,4H2,1-3H3,(H,17,18,19). The second-order valence-corrected chi connectivity index (χ2v) is 5.43. The van der Waals surface area contributed by atoms with Crippen LogP contribution in [-0.2, 0) is 6.42 Å². The molecule has 0 aliphatic carbocycles. The lowest BCUT2D eigenvalue weighted by Gasteiger charge is -2.15. The highest BCUT2D eigenvalue weighted by molar-refractivity contribution is 9.10. The molecule has 4 heteroatoms. The van der Waals surface area contributed by atoms with Gasteiger partial charge in [-0.05, 0) is 35.3 Å². The number of anilines is 1. The summed E-state index contributed by atoms with van der Waals surface area (Å²) in [7, 11) is 0. The summed E-state index contributed by atoms with van der Waals surface area (Å²) in [6.07, 6.45) is 0.826. The smallest absolute Gasteiger partial charge is 0.131 e. The molecule has 0 bridgehead atoms. The average Bonchev–Trinajstić information content (AvgIpc) is 2.38. The van der Waals surface area contributed by atoms with Gasteiger partial charge in [-0.1, -0.05) is 36.8 Å². The van der Waals surface area contributed by atoms with Crippen LogP contribution in [0.4, 0.5) is 5.82 Å². The van der Waals surface area contributed by atoms with Gasteiger partial charge in [0.05, 0.1) is 0 Å². The minimum absolute atomic E-state index is 0.215. The van der Waals surface area contributed by atoms with Gasteiger partial charge in [0.2, 0.25) is 0 Å². The van der Waals surface area contributed by atoms with Crippen LogP contribution < -0.4 is 5.32 Å². The number of hydrogen-bond donors (Lipinski definition) is 1. The summed E-state index contributed by atoms with van der Waals surface area (Å²) >= 11 is 3.42. The predicted molar refractivity (Wildman–Crippen MR) is 82.3 cm³/mol. The first-order valence-corrected chi connectivity index (χ1v) is 7.24. The Balaban J connectivity index is 2.16. The molecule has 1 N–H and O–H groups in total. The highest BCUT2D eigenvalue weighted by atomic mass is 79.9. The molecule has 1 aromatic heterocycles. The average molecular weight is 320 g/mol. The number of aryl methyl sites for hydroxylation is 2. The molecule has 0 aliphatic heterocycles. The molecular formula is C15H18BrN3. The van der Waals surface area contributed by atoms with Crippen molar-refractivity contribution in [1.82, 2.24) is 9.97 Å². The van der Waals surface area contributed by atoms with Crippen LogP contribution in [0.25, 0.3) is 0 Å². The van der Waals surface area contributed by atoms with E-state index in [0.717, 1.165) is 22.7 Å². The first kappa shape index (κ1) is 14.0. The zero-order chi connectivity index (χ0) is 13.8. The number of rotatable bonds is 4. The number of halogens is 1. The van der Waals surface area contributed by atoms with Crippen LogP contribution in [0, 0.1) is 6.92 Å². The van der Waals surface area contributed by atoms with Gasteiger partial charge in [0.1, 0.15) is 16.2 Å². The summed E-state index contributed by atoms with van der Waals surface area (Å²) in [6.45, 7) is 6.28. The fraction of sp³-hybridized carbons (Fsp3) is 0.333. The van der Waals surface area contributed by atoms with Crippen LogP contribution >= 0.6 is 15.9 Å². The fourth-order valence-electron chi connectivity index (χ4n) is 1.86. The van der Waals surface area contributed by atoms with E-state index in [4.69, 9.17) is 0 Å². The highest BCUT2D eigenvalue weighted by Gasteiger charge is 2.07. The summed E-state index contributed by atoms with van der Waals surface area (Å²) in [5.74, 6) is 1.69. The maximum absolute atomic E-state index is 4.48. The highest BCUT2D eigenvalue weighted by Crippen LogP contribution is 2.20. The summed E-state index contributed by atoms with van der Waals surface area (Å²) in [4.78, 5) is 8.79. The van der Waals surface area contributed by atoms with E-state index >= 15 is 0 Å². The van der Waals surface area contributed by atoms with Gasteiger partial charge in [-0.15, -0.1) is 0 Å². The Labute approximate surface area is 122 Å². The van der Waals surface area contributed by atoms with E-state index in [2.05, 4.69) is 76.3 Å². The second kappa shape index (κ2) is 6.15. The van der Waals surface area contributed by atoms with Crippen molar-refractivity contribution < 1.29 is 0 Å². The Morgan fingerprint density at radius 1 is 1.21 bits per heavy atom. The number of benzene rings is 1. The van der Waals surface area contributed by atoms with Crippen LogP contribution in [0.1, 0.15) is 36.8 Å². The number of hydrogen-bond acceptors (Lipinski definition) is 3. The van der Waals surface area contributed by atoms with E-state index in [0.29, 0.717) is 0 Å². The normalized spacial score (nSPS) is 12.2. The first-order valence-electron chi connectivity index (χ1n) is 6.45. The number of nitrogens with zero attached hydrogens (tertiary/aromatic N) is 2. The van der Waals surface area contributed by atoms with Crippen molar-refractivity contribution in [3.63, 3.8) is 0 Å². The molecule has 0 spiro atoms. The molecule has 0 aliphatic rings. The SMILES string of the molecule is CCc1nc(Br)cc(NC(C)c2ccc(C)cc2)n1. The van der Waals surface area contributed by atoms with E-state index in [-0.39, 0.29) is 6.04 Å². The van der Waals surface area contributed by atoms with E-state index in [9.17, 15) is 0 Å².